The second-order valence-electron chi connectivity index (χ2n) is 6.79. The van der Waals surface area contributed by atoms with Crippen LogP contribution >= 0.6 is 0 Å². The molecule has 13 heteroatoms. The first-order valence-corrected chi connectivity index (χ1v) is 11.1. The highest BCUT2D eigenvalue weighted by Gasteiger charge is 2.30. The van der Waals surface area contributed by atoms with Crippen LogP contribution in [0.15, 0.2) is 52.4 Å². The van der Waals surface area contributed by atoms with Gasteiger partial charge in [0.15, 0.2) is 18.1 Å². The number of carbonyl (C=O) groups is 3. The van der Waals surface area contributed by atoms with Crippen molar-refractivity contribution in [3.05, 3.63) is 48.0 Å². The minimum absolute atomic E-state index is 0.00538. The summed E-state index contributed by atoms with van der Waals surface area (Å²) in [5.41, 5.74) is 0.704. The Labute approximate surface area is 188 Å². The average Bonchev–Trinajstić information content (AvgIpc) is 3.06. The normalized spacial score (nSPS) is 16.3. The SMILES string of the molecule is O=C(COC(=O)CN=C1NS(=O)(=O)c2ccccc21)NC(=O)Nc1ccc2c(c1)OCCO2. The smallest absolute Gasteiger partial charge is 0.328 e. The molecule has 2 heterocycles. The number of hydrogen-bond donors (Lipinski definition) is 3. The molecule has 0 radical (unpaired) electrons. The van der Waals surface area contributed by atoms with Crippen LogP contribution in [0.2, 0.25) is 0 Å². The summed E-state index contributed by atoms with van der Waals surface area (Å²) in [6.07, 6.45) is 0. The number of ether oxygens (including phenoxy) is 3. The molecule has 2 aliphatic heterocycles. The zero-order valence-corrected chi connectivity index (χ0v) is 17.8. The summed E-state index contributed by atoms with van der Waals surface area (Å²) in [5, 5.41) is 4.48. The van der Waals surface area contributed by atoms with Crippen LogP contribution in [0.1, 0.15) is 5.56 Å². The number of amidine groups is 1. The van der Waals surface area contributed by atoms with Crippen LogP contribution in [0.3, 0.4) is 0 Å². The first kappa shape index (κ1) is 22.1. The summed E-state index contributed by atoms with van der Waals surface area (Å²) in [6, 6.07) is 10.1. The van der Waals surface area contributed by atoms with E-state index in [0.29, 0.717) is 36.0 Å². The van der Waals surface area contributed by atoms with Gasteiger partial charge < -0.3 is 19.5 Å². The second-order valence-corrected chi connectivity index (χ2v) is 8.44. The third kappa shape index (κ3) is 5.20. The standard InChI is InChI=1S/C20H18N4O8S/c25-17(23-20(27)22-12-5-6-14-15(9-12)31-8-7-30-14)11-32-18(26)10-21-19-13-3-1-2-4-16(13)33(28,29)24-19/h1-6,9H,7-8,10-11H2,(H,21,24)(H2,22,23,25,27). The number of nitrogens with one attached hydrogen (secondary N) is 3. The molecule has 0 fully saturated rings. The summed E-state index contributed by atoms with van der Waals surface area (Å²) in [5.74, 6) is -0.724. The molecule has 2 aromatic carbocycles. The van der Waals surface area contributed by atoms with E-state index in [9.17, 15) is 22.8 Å². The summed E-state index contributed by atoms with van der Waals surface area (Å²) < 4.78 is 41.9. The number of sulfonamides is 1. The van der Waals surface area contributed by atoms with Crippen LogP contribution in [-0.4, -0.2) is 58.5 Å². The van der Waals surface area contributed by atoms with E-state index in [0.717, 1.165) is 0 Å². The summed E-state index contributed by atoms with van der Waals surface area (Å²) in [7, 11) is -3.73. The van der Waals surface area contributed by atoms with E-state index in [4.69, 9.17) is 14.2 Å². The molecule has 3 amide bonds. The number of benzene rings is 2. The van der Waals surface area contributed by atoms with Gasteiger partial charge in [0.1, 0.15) is 25.6 Å². The van der Waals surface area contributed by atoms with Gasteiger partial charge in [-0.2, -0.15) is 0 Å². The molecule has 0 unspecified atom stereocenters. The summed E-state index contributed by atoms with van der Waals surface area (Å²) in [6.45, 7) is -0.428. The van der Waals surface area contributed by atoms with E-state index < -0.39 is 41.1 Å². The molecule has 0 bridgehead atoms. The van der Waals surface area contributed by atoms with Crippen molar-refractivity contribution in [3.8, 4) is 11.5 Å². The predicted octanol–water partition coefficient (Wildman–Crippen LogP) is 0.388. The van der Waals surface area contributed by atoms with Gasteiger partial charge in [-0.25, -0.2) is 13.2 Å². The van der Waals surface area contributed by atoms with Gasteiger partial charge >= 0.3 is 12.0 Å². The van der Waals surface area contributed by atoms with E-state index in [1.165, 1.54) is 6.07 Å². The number of anilines is 1. The number of urea groups is 1. The fourth-order valence-corrected chi connectivity index (χ4v) is 4.28. The number of carbonyl (C=O) groups excluding carboxylic acids is 3. The maximum absolute atomic E-state index is 12.0. The zero-order valence-electron chi connectivity index (χ0n) is 17.0. The highest BCUT2D eigenvalue weighted by molar-refractivity contribution is 7.90. The molecule has 0 aliphatic carbocycles. The highest BCUT2D eigenvalue weighted by atomic mass is 32.2. The first-order chi connectivity index (χ1) is 15.8. The zero-order chi connectivity index (χ0) is 23.4. The highest BCUT2D eigenvalue weighted by Crippen LogP contribution is 2.32. The van der Waals surface area contributed by atoms with E-state index in [1.807, 2.05) is 5.32 Å². The van der Waals surface area contributed by atoms with E-state index >= 15 is 0 Å². The largest absolute Gasteiger partial charge is 0.486 e. The van der Waals surface area contributed by atoms with Crippen LogP contribution < -0.4 is 24.8 Å². The Balaban J connectivity index is 1.24. The number of fused-ring (bicyclic) bond motifs is 2. The second kappa shape index (κ2) is 9.16. The molecular formula is C20H18N4O8S. The molecule has 33 heavy (non-hydrogen) atoms. The van der Waals surface area contributed by atoms with E-state index in [-0.39, 0.29) is 10.7 Å². The molecule has 2 aromatic rings. The van der Waals surface area contributed by atoms with Crippen molar-refractivity contribution < 1.29 is 37.0 Å². The van der Waals surface area contributed by atoms with Crippen LogP contribution in [0.5, 0.6) is 11.5 Å². The first-order valence-electron chi connectivity index (χ1n) is 9.64. The number of imide groups is 1. The number of rotatable bonds is 5. The van der Waals surface area contributed by atoms with Crippen molar-refractivity contribution in [2.24, 2.45) is 4.99 Å². The maximum Gasteiger partial charge on any atom is 0.328 e. The van der Waals surface area contributed by atoms with Crippen LogP contribution in [0.25, 0.3) is 0 Å². The molecule has 0 saturated carbocycles. The Morgan fingerprint density at radius 1 is 1.06 bits per heavy atom. The summed E-state index contributed by atoms with van der Waals surface area (Å²) in [4.78, 5) is 39.7. The van der Waals surface area contributed by atoms with Crippen molar-refractivity contribution in [3.63, 3.8) is 0 Å². The third-order valence-corrected chi connectivity index (χ3v) is 5.84. The lowest BCUT2D eigenvalue weighted by Crippen LogP contribution is -2.37. The maximum atomic E-state index is 12.0. The number of esters is 1. The Morgan fingerprint density at radius 3 is 2.64 bits per heavy atom. The number of hydrogen-bond acceptors (Lipinski definition) is 9. The van der Waals surface area contributed by atoms with Gasteiger partial charge in [-0.1, -0.05) is 12.1 Å². The third-order valence-electron chi connectivity index (χ3n) is 4.45. The molecule has 12 nitrogen and oxygen atoms in total. The van der Waals surface area contributed by atoms with Crippen molar-refractivity contribution in [1.82, 2.24) is 10.0 Å². The van der Waals surface area contributed by atoms with Crippen molar-refractivity contribution in [2.75, 3.05) is 31.7 Å². The number of amides is 3. The van der Waals surface area contributed by atoms with Crippen molar-refractivity contribution in [2.45, 2.75) is 4.90 Å². The topological polar surface area (TPSA) is 161 Å². The van der Waals surface area contributed by atoms with Gasteiger partial charge in [0.25, 0.3) is 15.9 Å². The lowest BCUT2D eigenvalue weighted by atomic mass is 10.2. The lowest BCUT2D eigenvalue weighted by Gasteiger charge is -2.19. The van der Waals surface area contributed by atoms with Crippen molar-refractivity contribution >= 4 is 39.5 Å². The van der Waals surface area contributed by atoms with Crippen molar-refractivity contribution in [1.29, 1.82) is 0 Å². The molecule has 0 spiro atoms. The van der Waals surface area contributed by atoms with Gasteiger partial charge in [-0.3, -0.25) is 24.6 Å². The minimum Gasteiger partial charge on any atom is -0.486 e. The Kier molecular flexibility index (Phi) is 6.13. The molecule has 2 aliphatic rings. The Morgan fingerprint density at radius 2 is 1.82 bits per heavy atom. The van der Waals surface area contributed by atoms with Crippen LogP contribution in [-0.2, 0) is 24.3 Å². The summed E-state index contributed by atoms with van der Waals surface area (Å²) >= 11 is 0. The molecule has 0 saturated heterocycles. The van der Waals surface area contributed by atoms with E-state index in [1.54, 1.807) is 36.4 Å². The molecule has 3 N–H and O–H groups in total. The van der Waals surface area contributed by atoms with Gasteiger partial charge in [0.05, 0.1) is 4.90 Å². The molecule has 0 atom stereocenters. The van der Waals surface area contributed by atoms with Crippen LogP contribution in [0.4, 0.5) is 10.5 Å². The van der Waals surface area contributed by atoms with Gasteiger partial charge in [0.2, 0.25) is 0 Å². The number of nitrogens with zero attached hydrogens (tertiary/aromatic N) is 1. The minimum atomic E-state index is -3.73. The lowest BCUT2D eigenvalue weighted by molar-refractivity contribution is -0.146. The van der Waals surface area contributed by atoms with Crippen LogP contribution in [0, 0.1) is 0 Å². The molecule has 0 aromatic heterocycles. The quantitative estimate of drug-likeness (QED) is 0.524. The molecular weight excluding hydrogens is 456 g/mol. The van der Waals surface area contributed by atoms with Gasteiger partial charge in [-0.15, -0.1) is 0 Å². The Bertz CT molecular complexity index is 1260. The fourth-order valence-electron chi connectivity index (χ4n) is 3.03. The average molecular weight is 474 g/mol. The Hall–Kier alpha value is -4.13. The van der Waals surface area contributed by atoms with Gasteiger partial charge in [-0.05, 0) is 24.3 Å². The fraction of sp³-hybridized carbons (Fsp3) is 0.200. The number of aliphatic imine (C=N–C) groups is 1. The predicted molar refractivity (Wildman–Crippen MR) is 114 cm³/mol. The monoisotopic (exact) mass is 474 g/mol. The molecule has 4 rings (SSSR count). The van der Waals surface area contributed by atoms with E-state index in [2.05, 4.69) is 15.0 Å². The molecule has 172 valence electrons. The van der Waals surface area contributed by atoms with Gasteiger partial charge in [0, 0.05) is 17.3 Å².